The van der Waals surface area contributed by atoms with Crippen molar-refractivity contribution in [3.05, 3.63) is 71.0 Å². The van der Waals surface area contributed by atoms with Crippen LogP contribution in [0.15, 0.2) is 54.3 Å². The minimum atomic E-state index is -0.0433. The molecule has 0 spiro atoms. The van der Waals surface area contributed by atoms with Crippen LogP contribution in [0.2, 0.25) is 0 Å². The van der Waals surface area contributed by atoms with E-state index in [0.29, 0.717) is 17.1 Å². The lowest BCUT2D eigenvalue weighted by Gasteiger charge is -2.01. The van der Waals surface area contributed by atoms with Gasteiger partial charge >= 0.3 is 0 Å². The maximum absolute atomic E-state index is 12.2. The van der Waals surface area contributed by atoms with Gasteiger partial charge in [0, 0.05) is 0 Å². The minimum Gasteiger partial charge on any atom is -0.452 e. The molecule has 0 aromatic heterocycles. The van der Waals surface area contributed by atoms with Gasteiger partial charge in [-0.05, 0) is 35.8 Å². The Labute approximate surface area is 118 Å². The lowest BCUT2D eigenvalue weighted by Crippen LogP contribution is -1.98. The van der Waals surface area contributed by atoms with Crippen molar-refractivity contribution >= 4 is 11.9 Å². The Kier molecular flexibility index (Phi) is 3.38. The van der Waals surface area contributed by atoms with E-state index in [1.54, 1.807) is 12.1 Å². The van der Waals surface area contributed by atoms with Gasteiger partial charge in [-0.25, -0.2) is 0 Å². The van der Waals surface area contributed by atoms with Gasteiger partial charge in [0.15, 0.2) is 5.76 Å². The highest BCUT2D eigenvalue weighted by Gasteiger charge is 2.26. The van der Waals surface area contributed by atoms with Crippen molar-refractivity contribution in [2.75, 3.05) is 0 Å². The Hall–Kier alpha value is -2.35. The second-order valence-electron chi connectivity index (χ2n) is 4.93. The van der Waals surface area contributed by atoms with Gasteiger partial charge in [0.2, 0.25) is 5.78 Å². The molecule has 1 heterocycles. The van der Waals surface area contributed by atoms with E-state index in [-0.39, 0.29) is 5.78 Å². The zero-order valence-electron chi connectivity index (χ0n) is 11.4. The predicted molar refractivity (Wildman–Crippen MR) is 79.8 cm³/mol. The average Bonchev–Trinajstić information content (AvgIpc) is 2.79. The summed E-state index contributed by atoms with van der Waals surface area (Å²) < 4.78 is 5.61. The van der Waals surface area contributed by atoms with Crippen molar-refractivity contribution in [2.45, 2.75) is 19.8 Å². The number of carbonyl (C=O) groups is 1. The molecule has 0 unspecified atom stereocenters. The quantitative estimate of drug-likeness (QED) is 0.774. The molecule has 20 heavy (non-hydrogen) atoms. The number of para-hydroxylation sites is 1. The van der Waals surface area contributed by atoms with Gasteiger partial charge in [-0.3, -0.25) is 4.79 Å². The highest BCUT2D eigenvalue weighted by molar-refractivity contribution is 6.14. The topological polar surface area (TPSA) is 26.3 Å². The van der Waals surface area contributed by atoms with Crippen molar-refractivity contribution in [2.24, 2.45) is 0 Å². The highest BCUT2D eigenvalue weighted by Crippen LogP contribution is 2.31. The van der Waals surface area contributed by atoms with Gasteiger partial charge in [0.25, 0.3) is 0 Å². The summed E-state index contributed by atoms with van der Waals surface area (Å²) in [5.41, 5.74) is 2.94. The third-order valence-electron chi connectivity index (χ3n) is 3.39. The van der Waals surface area contributed by atoms with E-state index in [0.717, 1.165) is 18.4 Å². The third kappa shape index (κ3) is 2.37. The zero-order valence-corrected chi connectivity index (χ0v) is 11.4. The second kappa shape index (κ2) is 5.33. The molecule has 0 saturated carbocycles. The van der Waals surface area contributed by atoms with Gasteiger partial charge in [0.05, 0.1) is 5.56 Å². The number of allylic oxidation sites excluding steroid dienone is 1. The molecule has 2 aromatic carbocycles. The molecular weight excluding hydrogens is 248 g/mol. The number of hydrogen-bond acceptors (Lipinski definition) is 2. The average molecular weight is 264 g/mol. The van der Waals surface area contributed by atoms with Gasteiger partial charge in [-0.2, -0.15) is 0 Å². The molecular formula is C18H16O2. The smallest absolute Gasteiger partial charge is 0.231 e. The van der Waals surface area contributed by atoms with E-state index in [1.165, 1.54) is 5.56 Å². The minimum absolute atomic E-state index is 0.0433. The van der Waals surface area contributed by atoms with Crippen LogP contribution in [0.5, 0.6) is 5.75 Å². The van der Waals surface area contributed by atoms with Crippen LogP contribution >= 0.6 is 0 Å². The lowest BCUT2D eigenvalue weighted by atomic mass is 10.1. The molecule has 2 nitrogen and oxygen atoms in total. The number of rotatable bonds is 3. The molecule has 2 aromatic rings. The largest absolute Gasteiger partial charge is 0.452 e. The molecule has 1 aliphatic heterocycles. The number of ether oxygens (including phenoxy) is 1. The predicted octanol–water partition coefficient (Wildman–Crippen LogP) is 4.26. The summed E-state index contributed by atoms with van der Waals surface area (Å²) in [4.78, 5) is 12.2. The third-order valence-corrected chi connectivity index (χ3v) is 3.39. The maximum atomic E-state index is 12.2. The summed E-state index contributed by atoms with van der Waals surface area (Å²) in [5.74, 6) is 0.999. The molecule has 2 heteroatoms. The van der Waals surface area contributed by atoms with Crippen molar-refractivity contribution in [1.82, 2.24) is 0 Å². The van der Waals surface area contributed by atoms with Crippen LogP contribution in [-0.4, -0.2) is 5.78 Å². The fraction of sp³-hybridized carbons (Fsp3) is 0.167. The van der Waals surface area contributed by atoms with E-state index in [9.17, 15) is 4.79 Å². The van der Waals surface area contributed by atoms with Crippen molar-refractivity contribution in [3.8, 4) is 5.75 Å². The van der Waals surface area contributed by atoms with E-state index >= 15 is 0 Å². The van der Waals surface area contributed by atoms with Crippen LogP contribution in [-0.2, 0) is 6.42 Å². The Balaban J connectivity index is 1.85. The number of Topliss-reactive ketones (excluding diaryl/α,β-unsaturated/α-hetero) is 1. The molecule has 0 fully saturated rings. The molecule has 0 atom stereocenters. The van der Waals surface area contributed by atoms with Gasteiger partial charge in [-0.15, -0.1) is 0 Å². The lowest BCUT2D eigenvalue weighted by molar-refractivity contribution is 0.101. The molecule has 1 aliphatic rings. The first-order chi connectivity index (χ1) is 9.78. The highest BCUT2D eigenvalue weighted by atomic mass is 16.5. The Morgan fingerprint density at radius 2 is 1.80 bits per heavy atom. The fourth-order valence-electron chi connectivity index (χ4n) is 2.36. The number of carbonyl (C=O) groups excluding carboxylic acids is 1. The molecule has 3 rings (SSSR count). The molecule has 0 bridgehead atoms. The standard InChI is InChI=1S/C18H16O2/c1-2-5-13-8-10-14(11-9-13)12-17-18(19)15-6-3-4-7-16(15)20-17/h3-4,6-12H,2,5H2,1H3/b17-12-. The van der Waals surface area contributed by atoms with E-state index in [2.05, 4.69) is 19.1 Å². The maximum Gasteiger partial charge on any atom is 0.231 e. The molecule has 100 valence electrons. The Morgan fingerprint density at radius 1 is 1.05 bits per heavy atom. The molecule has 0 saturated heterocycles. The summed E-state index contributed by atoms with van der Waals surface area (Å²) in [6, 6.07) is 15.6. The molecule has 0 N–H and O–H groups in total. The number of benzene rings is 2. The monoisotopic (exact) mass is 264 g/mol. The fourth-order valence-corrected chi connectivity index (χ4v) is 2.36. The first-order valence-corrected chi connectivity index (χ1v) is 6.90. The SMILES string of the molecule is CCCc1ccc(/C=C2\Oc3ccccc3C2=O)cc1. The van der Waals surface area contributed by atoms with Crippen LogP contribution in [0.3, 0.4) is 0 Å². The first-order valence-electron chi connectivity index (χ1n) is 6.90. The molecule has 0 aliphatic carbocycles. The molecule has 0 radical (unpaired) electrons. The number of ketones is 1. The first kappa shape index (κ1) is 12.7. The summed E-state index contributed by atoms with van der Waals surface area (Å²) >= 11 is 0. The summed E-state index contributed by atoms with van der Waals surface area (Å²) in [6.07, 6.45) is 4.02. The van der Waals surface area contributed by atoms with Crippen molar-refractivity contribution < 1.29 is 9.53 Å². The van der Waals surface area contributed by atoms with Gasteiger partial charge < -0.3 is 4.74 Å². The van der Waals surface area contributed by atoms with Crippen molar-refractivity contribution in [3.63, 3.8) is 0 Å². The van der Waals surface area contributed by atoms with Crippen LogP contribution in [0.4, 0.5) is 0 Å². The number of fused-ring (bicyclic) bond motifs is 1. The van der Waals surface area contributed by atoms with Crippen LogP contribution in [0, 0.1) is 0 Å². The normalized spacial score (nSPS) is 15.2. The van der Waals surface area contributed by atoms with Gasteiger partial charge in [-0.1, -0.05) is 49.7 Å². The summed E-state index contributed by atoms with van der Waals surface area (Å²) in [7, 11) is 0. The number of aryl methyl sites for hydroxylation is 1. The van der Waals surface area contributed by atoms with Gasteiger partial charge in [0.1, 0.15) is 5.75 Å². The van der Waals surface area contributed by atoms with E-state index in [1.807, 2.05) is 30.3 Å². The second-order valence-corrected chi connectivity index (χ2v) is 4.93. The van der Waals surface area contributed by atoms with Crippen LogP contribution in [0.1, 0.15) is 34.8 Å². The van der Waals surface area contributed by atoms with E-state index in [4.69, 9.17) is 4.74 Å². The van der Waals surface area contributed by atoms with Crippen LogP contribution in [0.25, 0.3) is 6.08 Å². The summed E-state index contributed by atoms with van der Waals surface area (Å²) in [5, 5.41) is 0. The molecule has 0 amide bonds. The Bertz CT molecular complexity index is 666. The van der Waals surface area contributed by atoms with Crippen LogP contribution < -0.4 is 4.74 Å². The number of hydrogen-bond donors (Lipinski definition) is 0. The van der Waals surface area contributed by atoms with E-state index < -0.39 is 0 Å². The van der Waals surface area contributed by atoms with Crippen molar-refractivity contribution in [1.29, 1.82) is 0 Å². The Morgan fingerprint density at radius 3 is 2.50 bits per heavy atom. The zero-order chi connectivity index (χ0) is 13.9. The summed E-state index contributed by atoms with van der Waals surface area (Å²) in [6.45, 7) is 2.16.